The van der Waals surface area contributed by atoms with Crippen molar-refractivity contribution in [2.75, 3.05) is 6.61 Å². The Balaban J connectivity index is 2.51. The highest BCUT2D eigenvalue weighted by Gasteiger charge is 2.36. The molecular formula is C7H16OSi. The zero-order chi connectivity index (χ0) is 6.91. The maximum Gasteiger partial charge on any atom is 0.192 e. The van der Waals surface area contributed by atoms with E-state index in [9.17, 15) is 0 Å². The third-order valence-electron chi connectivity index (χ3n) is 2.47. The standard InChI is InChI=1S/C7H16OSi/c1-7(2)9(3)6-4-5-8-9/h7H,4-6H2,1-3H3. The van der Waals surface area contributed by atoms with Gasteiger partial charge in [-0.25, -0.2) is 0 Å². The molecule has 1 rings (SSSR count). The van der Waals surface area contributed by atoms with Crippen molar-refractivity contribution in [1.29, 1.82) is 0 Å². The summed E-state index contributed by atoms with van der Waals surface area (Å²) in [4.78, 5) is 0. The van der Waals surface area contributed by atoms with E-state index in [1.807, 2.05) is 0 Å². The van der Waals surface area contributed by atoms with Gasteiger partial charge in [0.05, 0.1) is 0 Å². The van der Waals surface area contributed by atoms with Gasteiger partial charge in [0.25, 0.3) is 0 Å². The molecule has 54 valence electrons. The van der Waals surface area contributed by atoms with E-state index in [2.05, 4.69) is 20.4 Å². The first-order chi connectivity index (χ1) is 4.15. The van der Waals surface area contributed by atoms with E-state index in [-0.39, 0.29) is 0 Å². The fourth-order valence-corrected chi connectivity index (χ4v) is 3.77. The van der Waals surface area contributed by atoms with Crippen molar-refractivity contribution in [2.45, 2.75) is 38.4 Å². The first kappa shape index (κ1) is 7.29. The maximum absolute atomic E-state index is 5.74. The Kier molecular flexibility index (Phi) is 1.96. The smallest absolute Gasteiger partial charge is 0.192 e. The van der Waals surface area contributed by atoms with Gasteiger partial charge in [-0.2, -0.15) is 0 Å². The van der Waals surface area contributed by atoms with Crippen molar-refractivity contribution in [3.8, 4) is 0 Å². The molecule has 0 aromatic heterocycles. The molecule has 1 aliphatic rings. The van der Waals surface area contributed by atoms with Gasteiger partial charge in [-0.3, -0.25) is 0 Å². The Morgan fingerprint density at radius 3 is 2.33 bits per heavy atom. The van der Waals surface area contributed by atoms with Crippen LogP contribution in [0.2, 0.25) is 18.1 Å². The second-order valence-electron chi connectivity index (χ2n) is 3.42. The molecular weight excluding hydrogens is 128 g/mol. The Labute approximate surface area is 58.5 Å². The van der Waals surface area contributed by atoms with E-state index in [4.69, 9.17) is 4.43 Å². The van der Waals surface area contributed by atoms with Gasteiger partial charge in [0, 0.05) is 6.61 Å². The largest absolute Gasteiger partial charge is 0.417 e. The van der Waals surface area contributed by atoms with Gasteiger partial charge in [-0.05, 0) is 24.6 Å². The van der Waals surface area contributed by atoms with Crippen LogP contribution in [0.25, 0.3) is 0 Å². The Bertz CT molecular complexity index is 95.1. The third kappa shape index (κ3) is 1.35. The van der Waals surface area contributed by atoms with Crippen LogP contribution in [0.15, 0.2) is 0 Å². The van der Waals surface area contributed by atoms with Gasteiger partial charge in [0.2, 0.25) is 0 Å². The molecule has 1 aliphatic heterocycles. The Morgan fingerprint density at radius 1 is 1.44 bits per heavy atom. The molecule has 1 atom stereocenters. The van der Waals surface area contributed by atoms with Crippen molar-refractivity contribution < 1.29 is 4.43 Å². The van der Waals surface area contributed by atoms with Crippen LogP contribution >= 0.6 is 0 Å². The van der Waals surface area contributed by atoms with E-state index in [0.717, 1.165) is 12.1 Å². The fraction of sp³-hybridized carbons (Fsp3) is 1.00. The normalized spacial score (nSPS) is 36.0. The first-order valence-electron chi connectivity index (χ1n) is 3.79. The second-order valence-corrected chi connectivity index (χ2v) is 7.99. The van der Waals surface area contributed by atoms with Crippen LogP contribution in [0.3, 0.4) is 0 Å². The molecule has 0 bridgehead atoms. The monoisotopic (exact) mass is 144 g/mol. The molecule has 1 saturated heterocycles. The molecule has 0 spiro atoms. The average Bonchev–Trinajstić information content (AvgIpc) is 2.16. The summed E-state index contributed by atoms with van der Waals surface area (Å²) in [6, 6.07) is 1.38. The summed E-state index contributed by atoms with van der Waals surface area (Å²) < 4.78 is 5.74. The van der Waals surface area contributed by atoms with E-state index in [1.165, 1.54) is 12.5 Å². The summed E-state index contributed by atoms with van der Waals surface area (Å²) in [5, 5.41) is 0. The number of rotatable bonds is 1. The fourth-order valence-electron chi connectivity index (χ4n) is 1.26. The topological polar surface area (TPSA) is 9.23 Å². The van der Waals surface area contributed by atoms with Crippen LogP contribution in [0.1, 0.15) is 20.3 Å². The molecule has 1 heterocycles. The van der Waals surface area contributed by atoms with Crippen molar-refractivity contribution in [3.05, 3.63) is 0 Å². The van der Waals surface area contributed by atoms with Crippen LogP contribution in [-0.2, 0) is 4.43 Å². The van der Waals surface area contributed by atoms with Gasteiger partial charge in [-0.1, -0.05) is 13.8 Å². The third-order valence-corrected chi connectivity index (χ3v) is 7.12. The van der Waals surface area contributed by atoms with Crippen molar-refractivity contribution in [1.82, 2.24) is 0 Å². The highest BCUT2D eigenvalue weighted by atomic mass is 28.4. The summed E-state index contributed by atoms with van der Waals surface area (Å²) in [5.41, 5.74) is 0.806. The predicted octanol–water partition coefficient (Wildman–Crippen LogP) is 2.39. The minimum Gasteiger partial charge on any atom is -0.417 e. The minimum absolute atomic E-state index is 0.806. The highest BCUT2D eigenvalue weighted by molar-refractivity contribution is 6.74. The van der Waals surface area contributed by atoms with Crippen molar-refractivity contribution in [2.24, 2.45) is 0 Å². The molecule has 0 aromatic rings. The molecule has 1 fully saturated rings. The molecule has 0 aromatic carbocycles. The number of hydrogen-bond acceptors (Lipinski definition) is 1. The average molecular weight is 144 g/mol. The molecule has 0 aliphatic carbocycles. The molecule has 0 N–H and O–H groups in total. The molecule has 2 heteroatoms. The number of hydrogen-bond donors (Lipinski definition) is 0. The summed E-state index contributed by atoms with van der Waals surface area (Å²) in [5.74, 6) is 0. The van der Waals surface area contributed by atoms with Gasteiger partial charge in [-0.15, -0.1) is 0 Å². The summed E-state index contributed by atoms with van der Waals surface area (Å²) in [6.45, 7) is 7.96. The molecule has 1 nitrogen and oxygen atoms in total. The summed E-state index contributed by atoms with van der Waals surface area (Å²) in [6.07, 6.45) is 1.31. The zero-order valence-corrected chi connectivity index (χ0v) is 7.61. The van der Waals surface area contributed by atoms with Crippen LogP contribution in [0.5, 0.6) is 0 Å². The minimum atomic E-state index is -1.16. The van der Waals surface area contributed by atoms with Crippen LogP contribution < -0.4 is 0 Å². The lowest BCUT2D eigenvalue weighted by molar-refractivity contribution is 0.340. The van der Waals surface area contributed by atoms with Gasteiger partial charge >= 0.3 is 0 Å². The lowest BCUT2D eigenvalue weighted by atomic mass is 10.5. The van der Waals surface area contributed by atoms with E-state index >= 15 is 0 Å². The first-order valence-corrected chi connectivity index (χ1v) is 6.48. The van der Waals surface area contributed by atoms with Crippen LogP contribution in [0, 0.1) is 0 Å². The zero-order valence-electron chi connectivity index (χ0n) is 6.61. The lowest BCUT2D eigenvalue weighted by Crippen LogP contribution is -2.32. The molecule has 0 amide bonds. The molecule has 0 radical (unpaired) electrons. The Hall–Kier alpha value is 0.177. The van der Waals surface area contributed by atoms with Crippen LogP contribution in [0.4, 0.5) is 0 Å². The summed E-state index contributed by atoms with van der Waals surface area (Å²) in [7, 11) is -1.16. The quantitative estimate of drug-likeness (QED) is 0.513. The van der Waals surface area contributed by atoms with E-state index < -0.39 is 8.32 Å². The molecule has 1 unspecified atom stereocenters. The van der Waals surface area contributed by atoms with Gasteiger partial charge in [0.1, 0.15) is 0 Å². The second kappa shape index (κ2) is 2.43. The lowest BCUT2D eigenvalue weighted by Gasteiger charge is -2.23. The SMILES string of the molecule is CC(C)[Si]1(C)CCCO1. The van der Waals surface area contributed by atoms with E-state index in [0.29, 0.717) is 0 Å². The summed E-state index contributed by atoms with van der Waals surface area (Å²) >= 11 is 0. The van der Waals surface area contributed by atoms with Crippen molar-refractivity contribution in [3.63, 3.8) is 0 Å². The molecule has 0 saturated carbocycles. The highest BCUT2D eigenvalue weighted by Crippen LogP contribution is 2.32. The van der Waals surface area contributed by atoms with Gasteiger partial charge < -0.3 is 4.43 Å². The van der Waals surface area contributed by atoms with Crippen molar-refractivity contribution >= 4 is 8.32 Å². The molecule has 9 heavy (non-hydrogen) atoms. The Morgan fingerprint density at radius 2 is 2.11 bits per heavy atom. The predicted molar refractivity (Wildman–Crippen MR) is 42.1 cm³/mol. The van der Waals surface area contributed by atoms with E-state index in [1.54, 1.807) is 0 Å². The maximum atomic E-state index is 5.74. The van der Waals surface area contributed by atoms with Crippen LogP contribution in [-0.4, -0.2) is 14.9 Å². The van der Waals surface area contributed by atoms with Gasteiger partial charge in [0.15, 0.2) is 8.32 Å².